The zero-order valence-electron chi connectivity index (χ0n) is 10.7. The van der Waals surface area contributed by atoms with Crippen molar-refractivity contribution in [3.8, 4) is 0 Å². The van der Waals surface area contributed by atoms with Crippen molar-refractivity contribution in [3.63, 3.8) is 0 Å². The van der Waals surface area contributed by atoms with Crippen LogP contribution in [0.25, 0.3) is 21.9 Å². The highest BCUT2D eigenvalue weighted by Crippen LogP contribution is 2.31. The van der Waals surface area contributed by atoms with Gasteiger partial charge in [-0.15, -0.1) is 0 Å². The maximum absolute atomic E-state index is 11.5. The molecule has 1 atom stereocenters. The van der Waals surface area contributed by atoms with E-state index in [0.29, 0.717) is 6.42 Å². The number of para-hydroxylation sites is 1. The molecule has 96 valence electrons. The van der Waals surface area contributed by atoms with Crippen molar-refractivity contribution < 1.29 is 9.21 Å². The molecular formula is C16H15NO2. The Hall–Kier alpha value is -2.29. The van der Waals surface area contributed by atoms with Crippen molar-refractivity contribution in [2.75, 3.05) is 0 Å². The molecule has 1 amide bonds. The Morgan fingerprint density at radius 1 is 1.16 bits per heavy atom. The van der Waals surface area contributed by atoms with Gasteiger partial charge in [0.2, 0.25) is 5.91 Å². The molecule has 0 aliphatic rings. The molecule has 2 aromatic carbocycles. The van der Waals surface area contributed by atoms with E-state index in [9.17, 15) is 4.79 Å². The smallest absolute Gasteiger partial charge is 0.224 e. The van der Waals surface area contributed by atoms with Crippen molar-refractivity contribution in [2.45, 2.75) is 19.3 Å². The lowest BCUT2D eigenvalue weighted by Gasteiger charge is -2.10. The molecule has 3 nitrogen and oxygen atoms in total. The number of nitrogens with two attached hydrogens (primary N) is 1. The number of fused-ring (bicyclic) bond motifs is 3. The summed E-state index contributed by atoms with van der Waals surface area (Å²) in [5, 5.41) is 2.10. The number of primary amides is 1. The number of amides is 1. The number of rotatable bonds is 3. The van der Waals surface area contributed by atoms with Crippen LogP contribution in [0.1, 0.15) is 24.8 Å². The lowest BCUT2D eigenvalue weighted by atomic mass is 9.94. The first kappa shape index (κ1) is 11.8. The van der Waals surface area contributed by atoms with Crippen molar-refractivity contribution in [1.29, 1.82) is 0 Å². The van der Waals surface area contributed by atoms with Crippen LogP contribution in [0.15, 0.2) is 46.9 Å². The summed E-state index contributed by atoms with van der Waals surface area (Å²) in [5.41, 5.74) is 8.10. The zero-order chi connectivity index (χ0) is 13.4. The van der Waals surface area contributed by atoms with Crippen LogP contribution in [-0.2, 0) is 4.79 Å². The second kappa shape index (κ2) is 4.43. The van der Waals surface area contributed by atoms with Gasteiger partial charge in [-0.1, -0.05) is 31.2 Å². The third-order valence-electron chi connectivity index (χ3n) is 3.55. The molecule has 1 unspecified atom stereocenters. The molecule has 19 heavy (non-hydrogen) atoms. The topological polar surface area (TPSA) is 56.2 Å². The fraction of sp³-hybridized carbons (Fsp3) is 0.188. The first-order valence-electron chi connectivity index (χ1n) is 6.41. The molecular weight excluding hydrogens is 238 g/mol. The van der Waals surface area contributed by atoms with Gasteiger partial charge in [-0.3, -0.25) is 4.79 Å². The quantitative estimate of drug-likeness (QED) is 0.775. The summed E-state index contributed by atoms with van der Waals surface area (Å²) >= 11 is 0. The van der Waals surface area contributed by atoms with Crippen LogP contribution in [0.5, 0.6) is 0 Å². The van der Waals surface area contributed by atoms with Gasteiger partial charge in [-0.05, 0) is 30.2 Å². The van der Waals surface area contributed by atoms with E-state index in [0.717, 1.165) is 27.5 Å². The molecule has 0 aliphatic carbocycles. The number of benzene rings is 2. The summed E-state index contributed by atoms with van der Waals surface area (Å²) in [6.45, 7) is 1.97. The van der Waals surface area contributed by atoms with E-state index >= 15 is 0 Å². The molecule has 1 heterocycles. The van der Waals surface area contributed by atoms with Gasteiger partial charge in [-0.2, -0.15) is 0 Å². The van der Waals surface area contributed by atoms with Gasteiger partial charge in [0, 0.05) is 10.8 Å². The summed E-state index contributed by atoms with van der Waals surface area (Å²) in [6.07, 6.45) is 0.705. The van der Waals surface area contributed by atoms with Crippen LogP contribution >= 0.6 is 0 Å². The molecule has 3 heteroatoms. The largest absolute Gasteiger partial charge is 0.456 e. The van der Waals surface area contributed by atoms with Gasteiger partial charge in [0.25, 0.3) is 0 Å². The van der Waals surface area contributed by atoms with Gasteiger partial charge in [0.05, 0.1) is 5.92 Å². The van der Waals surface area contributed by atoms with E-state index in [-0.39, 0.29) is 11.8 Å². The summed E-state index contributed by atoms with van der Waals surface area (Å²) in [6, 6.07) is 13.7. The van der Waals surface area contributed by atoms with Crippen LogP contribution in [0.2, 0.25) is 0 Å². The highest BCUT2D eigenvalue weighted by atomic mass is 16.3. The van der Waals surface area contributed by atoms with E-state index < -0.39 is 0 Å². The average molecular weight is 253 g/mol. The SMILES string of the molecule is CCC(C(N)=O)c1ccc2oc3ccccc3c2c1. The lowest BCUT2D eigenvalue weighted by Crippen LogP contribution is -2.20. The molecule has 3 rings (SSSR count). The fourth-order valence-electron chi connectivity index (χ4n) is 2.56. The van der Waals surface area contributed by atoms with Gasteiger partial charge in [0.1, 0.15) is 11.2 Å². The highest BCUT2D eigenvalue weighted by Gasteiger charge is 2.17. The van der Waals surface area contributed by atoms with E-state index in [1.54, 1.807) is 0 Å². The maximum Gasteiger partial charge on any atom is 0.224 e. The molecule has 1 aromatic heterocycles. The molecule has 3 aromatic rings. The van der Waals surface area contributed by atoms with Crippen molar-refractivity contribution >= 4 is 27.8 Å². The predicted molar refractivity (Wildman–Crippen MR) is 75.9 cm³/mol. The van der Waals surface area contributed by atoms with E-state index in [2.05, 4.69) is 0 Å². The van der Waals surface area contributed by atoms with Crippen LogP contribution in [0.3, 0.4) is 0 Å². The summed E-state index contributed by atoms with van der Waals surface area (Å²) in [5.74, 6) is -0.521. The zero-order valence-corrected chi connectivity index (χ0v) is 10.7. The Balaban J connectivity index is 2.24. The van der Waals surface area contributed by atoms with Crippen molar-refractivity contribution in [3.05, 3.63) is 48.0 Å². The molecule has 0 spiro atoms. The third-order valence-corrected chi connectivity index (χ3v) is 3.55. The second-order valence-electron chi connectivity index (χ2n) is 4.72. The highest BCUT2D eigenvalue weighted by molar-refractivity contribution is 6.05. The summed E-state index contributed by atoms with van der Waals surface area (Å²) < 4.78 is 5.77. The summed E-state index contributed by atoms with van der Waals surface area (Å²) in [4.78, 5) is 11.5. The first-order valence-corrected chi connectivity index (χ1v) is 6.41. The van der Waals surface area contributed by atoms with Crippen molar-refractivity contribution in [2.24, 2.45) is 5.73 Å². The Labute approximate surface area is 111 Å². The van der Waals surface area contributed by atoms with Gasteiger partial charge in [-0.25, -0.2) is 0 Å². The number of furan rings is 1. The molecule has 0 aliphatic heterocycles. The predicted octanol–water partition coefficient (Wildman–Crippen LogP) is 3.56. The van der Waals surface area contributed by atoms with Crippen molar-refractivity contribution in [1.82, 2.24) is 0 Å². The van der Waals surface area contributed by atoms with Gasteiger partial charge >= 0.3 is 0 Å². The Bertz CT molecular complexity index is 758. The lowest BCUT2D eigenvalue weighted by molar-refractivity contribution is -0.119. The maximum atomic E-state index is 11.5. The van der Waals surface area contributed by atoms with Crippen LogP contribution in [0, 0.1) is 0 Å². The number of carbonyl (C=O) groups excluding carboxylic acids is 1. The minimum atomic E-state index is -0.283. The number of hydrogen-bond acceptors (Lipinski definition) is 2. The number of hydrogen-bond donors (Lipinski definition) is 1. The van der Waals surface area contributed by atoms with Gasteiger partial charge in [0.15, 0.2) is 0 Å². The standard InChI is InChI=1S/C16H15NO2/c1-2-11(16(17)18)10-7-8-15-13(9-10)12-5-3-4-6-14(12)19-15/h3-9,11H,2H2,1H3,(H2,17,18). The Kier molecular flexibility index (Phi) is 2.75. The van der Waals surface area contributed by atoms with Crippen LogP contribution in [-0.4, -0.2) is 5.91 Å². The molecule has 2 N–H and O–H groups in total. The average Bonchev–Trinajstić information content (AvgIpc) is 2.77. The van der Waals surface area contributed by atoms with E-state index in [4.69, 9.17) is 10.2 Å². The molecule has 0 saturated heterocycles. The van der Waals surface area contributed by atoms with Crippen LogP contribution < -0.4 is 5.73 Å². The van der Waals surface area contributed by atoms with Gasteiger partial charge < -0.3 is 10.2 Å². The molecule has 0 saturated carbocycles. The normalized spacial score (nSPS) is 12.9. The fourth-order valence-corrected chi connectivity index (χ4v) is 2.56. The minimum absolute atomic E-state index is 0.238. The van der Waals surface area contributed by atoms with E-state index in [1.807, 2.05) is 49.4 Å². The third kappa shape index (κ3) is 1.87. The Morgan fingerprint density at radius 2 is 1.89 bits per heavy atom. The molecule has 0 fully saturated rings. The second-order valence-corrected chi connectivity index (χ2v) is 4.72. The monoisotopic (exact) mass is 253 g/mol. The van der Waals surface area contributed by atoms with Crippen LogP contribution in [0.4, 0.5) is 0 Å². The van der Waals surface area contributed by atoms with E-state index in [1.165, 1.54) is 0 Å². The molecule has 0 radical (unpaired) electrons. The number of carbonyl (C=O) groups is 1. The summed E-state index contributed by atoms with van der Waals surface area (Å²) in [7, 11) is 0. The first-order chi connectivity index (χ1) is 9.20. The molecule has 0 bridgehead atoms. The minimum Gasteiger partial charge on any atom is -0.456 e. The Morgan fingerprint density at radius 3 is 2.63 bits per heavy atom.